The average Bonchev–Trinajstić information content (AvgIpc) is 2.29. The van der Waals surface area contributed by atoms with Crippen molar-refractivity contribution in [3.63, 3.8) is 0 Å². The first-order chi connectivity index (χ1) is 8.40. The van der Waals surface area contributed by atoms with Crippen LogP contribution in [-0.4, -0.2) is 37.5 Å². The maximum atomic E-state index is 12.1. The summed E-state index contributed by atoms with van der Waals surface area (Å²) in [6.07, 6.45) is 0.943. The molecule has 1 rings (SSSR count). The Balaban J connectivity index is 2.62. The molecule has 0 aliphatic carbocycles. The highest BCUT2D eigenvalue weighted by Gasteiger charge is 2.12. The molecule has 0 heterocycles. The van der Waals surface area contributed by atoms with Crippen molar-refractivity contribution >= 4 is 18.5 Å². The highest BCUT2D eigenvalue weighted by Crippen LogP contribution is 2.14. The molecule has 1 N–H and O–H groups in total. The molecule has 3 nitrogen and oxygen atoms in total. The van der Waals surface area contributed by atoms with Crippen LogP contribution in [0.25, 0.3) is 0 Å². The SMILES string of the molecule is Cc1ccc(S)cc1C(=O)NC(C)CCN(C)C. The zero-order valence-corrected chi connectivity index (χ0v) is 12.4. The molecule has 0 bridgehead atoms. The van der Waals surface area contributed by atoms with Crippen LogP contribution in [0.4, 0.5) is 0 Å². The van der Waals surface area contributed by atoms with Gasteiger partial charge in [0.25, 0.3) is 5.91 Å². The normalized spacial score (nSPS) is 12.6. The Kier molecular flexibility index (Phi) is 5.69. The van der Waals surface area contributed by atoms with Crippen LogP contribution in [0.3, 0.4) is 0 Å². The fraction of sp³-hybridized carbons (Fsp3) is 0.500. The number of rotatable bonds is 5. The maximum absolute atomic E-state index is 12.1. The van der Waals surface area contributed by atoms with Crippen molar-refractivity contribution in [1.29, 1.82) is 0 Å². The smallest absolute Gasteiger partial charge is 0.251 e. The van der Waals surface area contributed by atoms with Crippen LogP contribution in [-0.2, 0) is 0 Å². The molecule has 1 atom stereocenters. The molecule has 100 valence electrons. The van der Waals surface area contributed by atoms with Gasteiger partial charge in [-0.25, -0.2) is 0 Å². The molecule has 18 heavy (non-hydrogen) atoms. The van der Waals surface area contributed by atoms with Crippen molar-refractivity contribution in [2.75, 3.05) is 20.6 Å². The Morgan fingerprint density at radius 1 is 1.44 bits per heavy atom. The van der Waals surface area contributed by atoms with E-state index in [1.165, 1.54) is 0 Å². The summed E-state index contributed by atoms with van der Waals surface area (Å²) in [4.78, 5) is 15.0. The van der Waals surface area contributed by atoms with E-state index in [2.05, 4.69) is 22.8 Å². The Morgan fingerprint density at radius 3 is 2.72 bits per heavy atom. The van der Waals surface area contributed by atoms with Crippen LogP contribution in [0, 0.1) is 6.92 Å². The van der Waals surface area contributed by atoms with Gasteiger partial charge < -0.3 is 10.2 Å². The fourth-order valence-electron chi connectivity index (χ4n) is 1.68. The van der Waals surface area contributed by atoms with Crippen LogP contribution >= 0.6 is 12.6 Å². The summed E-state index contributed by atoms with van der Waals surface area (Å²) in [6, 6.07) is 5.79. The van der Waals surface area contributed by atoms with Crippen molar-refractivity contribution in [1.82, 2.24) is 10.2 Å². The summed E-state index contributed by atoms with van der Waals surface area (Å²) in [5.41, 5.74) is 1.68. The molecule has 0 saturated carbocycles. The summed E-state index contributed by atoms with van der Waals surface area (Å²) in [6.45, 7) is 4.93. The standard InChI is InChI=1S/C14H22N2OS/c1-10-5-6-12(18)9-13(10)14(17)15-11(2)7-8-16(3)4/h5-6,9,11,18H,7-8H2,1-4H3,(H,15,17). The lowest BCUT2D eigenvalue weighted by molar-refractivity contribution is 0.0936. The molecule has 0 aliphatic rings. The largest absolute Gasteiger partial charge is 0.350 e. The Hall–Kier alpha value is -1.00. The van der Waals surface area contributed by atoms with Crippen molar-refractivity contribution in [3.05, 3.63) is 29.3 Å². The van der Waals surface area contributed by atoms with Crippen LogP contribution in [0.1, 0.15) is 29.3 Å². The number of hydrogen-bond donors (Lipinski definition) is 2. The van der Waals surface area contributed by atoms with Crippen LogP contribution in [0.15, 0.2) is 23.1 Å². The highest BCUT2D eigenvalue weighted by atomic mass is 32.1. The minimum Gasteiger partial charge on any atom is -0.350 e. The number of benzene rings is 1. The second-order valence-corrected chi connectivity index (χ2v) is 5.48. The number of amides is 1. The van der Waals surface area contributed by atoms with Gasteiger partial charge in [-0.05, 0) is 58.6 Å². The number of nitrogens with one attached hydrogen (secondary N) is 1. The Labute approximate surface area is 115 Å². The predicted molar refractivity (Wildman–Crippen MR) is 78.5 cm³/mol. The zero-order valence-electron chi connectivity index (χ0n) is 11.5. The molecule has 0 fully saturated rings. The third-order valence-corrected chi connectivity index (χ3v) is 3.13. The summed E-state index contributed by atoms with van der Waals surface area (Å²) in [5, 5.41) is 3.02. The number of aryl methyl sites for hydroxylation is 1. The number of hydrogen-bond acceptors (Lipinski definition) is 3. The quantitative estimate of drug-likeness (QED) is 0.802. The first-order valence-electron chi connectivity index (χ1n) is 6.15. The molecule has 0 aliphatic heterocycles. The van der Waals surface area contributed by atoms with Gasteiger partial charge in [-0.2, -0.15) is 0 Å². The van der Waals surface area contributed by atoms with Crippen molar-refractivity contribution in [3.8, 4) is 0 Å². The first-order valence-corrected chi connectivity index (χ1v) is 6.60. The van der Waals surface area contributed by atoms with Gasteiger partial charge in [0, 0.05) is 16.5 Å². The van der Waals surface area contributed by atoms with Gasteiger partial charge in [0.15, 0.2) is 0 Å². The second-order valence-electron chi connectivity index (χ2n) is 4.97. The van der Waals surface area contributed by atoms with E-state index in [9.17, 15) is 4.79 Å². The fourth-order valence-corrected chi connectivity index (χ4v) is 1.88. The lowest BCUT2D eigenvalue weighted by atomic mass is 10.1. The van der Waals surface area contributed by atoms with Crippen molar-refractivity contribution < 1.29 is 4.79 Å². The van der Waals surface area contributed by atoms with E-state index in [1.54, 1.807) is 0 Å². The third-order valence-electron chi connectivity index (χ3n) is 2.85. The van der Waals surface area contributed by atoms with E-state index in [0.29, 0.717) is 5.56 Å². The Morgan fingerprint density at radius 2 is 2.11 bits per heavy atom. The van der Waals surface area contributed by atoms with Gasteiger partial charge in [-0.3, -0.25) is 4.79 Å². The molecular weight excluding hydrogens is 244 g/mol. The van der Waals surface area contributed by atoms with Crippen LogP contribution < -0.4 is 5.32 Å². The number of thiol groups is 1. The second kappa shape index (κ2) is 6.81. The van der Waals surface area contributed by atoms with E-state index in [4.69, 9.17) is 0 Å². The predicted octanol–water partition coefficient (Wildman–Crippen LogP) is 2.35. The van der Waals surface area contributed by atoms with Crippen molar-refractivity contribution in [2.45, 2.75) is 31.2 Å². The first kappa shape index (κ1) is 15.1. The topological polar surface area (TPSA) is 32.3 Å². The van der Waals surface area contributed by atoms with Crippen molar-refractivity contribution in [2.24, 2.45) is 0 Å². The Bertz CT molecular complexity index is 418. The van der Waals surface area contributed by atoms with Crippen LogP contribution in [0.5, 0.6) is 0 Å². The molecule has 0 radical (unpaired) electrons. The highest BCUT2D eigenvalue weighted by molar-refractivity contribution is 7.80. The molecule has 0 spiro atoms. The van der Waals surface area contributed by atoms with Gasteiger partial charge in [0.2, 0.25) is 0 Å². The van der Waals surface area contributed by atoms with E-state index in [1.807, 2.05) is 46.1 Å². The maximum Gasteiger partial charge on any atom is 0.251 e. The van der Waals surface area contributed by atoms with E-state index >= 15 is 0 Å². The third kappa shape index (κ3) is 4.70. The monoisotopic (exact) mass is 266 g/mol. The van der Waals surface area contributed by atoms with Gasteiger partial charge in [-0.1, -0.05) is 6.07 Å². The van der Waals surface area contributed by atoms with Gasteiger partial charge in [0.05, 0.1) is 0 Å². The summed E-state index contributed by atoms with van der Waals surface area (Å²) < 4.78 is 0. The molecule has 1 unspecified atom stereocenters. The van der Waals surface area contributed by atoms with E-state index in [0.717, 1.165) is 23.4 Å². The summed E-state index contributed by atoms with van der Waals surface area (Å²) in [7, 11) is 4.06. The van der Waals surface area contributed by atoms with Gasteiger partial charge >= 0.3 is 0 Å². The summed E-state index contributed by atoms with van der Waals surface area (Å²) in [5.74, 6) is -0.0188. The molecular formula is C14H22N2OS. The number of carbonyl (C=O) groups is 1. The molecule has 4 heteroatoms. The summed E-state index contributed by atoms with van der Waals surface area (Å²) >= 11 is 4.27. The van der Waals surface area contributed by atoms with E-state index in [-0.39, 0.29) is 11.9 Å². The van der Waals surface area contributed by atoms with Crippen LogP contribution in [0.2, 0.25) is 0 Å². The van der Waals surface area contributed by atoms with Gasteiger partial charge in [-0.15, -0.1) is 12.6 Å². The number of carbonyl (C=O) groups excluding carboxylic acids is 1. The van der Waals surface area contributed by atoms with Gasteiger partial charge in [0.1, 0.15) is 0 Å². The molecule has 1 aromatic rings. The zero-order chi connectivity index (χ0) is 13.7. The average molecular weight is 266 g/mol. The molecule has 0 saturated heterocycles. The minimum absolute atomic E-state index is 0.0188. The lowest BCUT2D eigenvalue weighted by Gasteiger charge is -2.17. The molecule has 1 aromatic carbocycles. The molecule has 1 amide bonds. The molecule has 0 aromatic heterocycles. The number of nitrogens with zero attached hydrogens (tertiary/aromatic N) is 1. The van der Waals surface area contributed by atoms with E-state index < -0.39 is 0 Å². The lowest BCUT2D eigenvalue weighted by Crippen LogP contribution is -2.35. The minimum atomic E-state index is -0.0188.